The first-order valence-corrected chi connectivity index (χ1v) is 11.9. The number of aliphatic hydroxyl groups is 5. The molecule has 5 atom stereocenters. The van der Waals surface area contributed by atoms with Gasteiger partial charge in [-0.3, -0.25) is 0 Å². The molecule has 4 rings (SSSR count). The molecule has 1 aliphatic rings. The van der Waals surface area contributed by atoms with E-state index in [2.05, 4.69) is 0 Å². The van der Waals surface area contributed by atoms with Crippen LogP contribution >= 0.6 is 23.4 Å². The fourth-order valence-electron chi connectivity index (χ4n) is 4.13. The maximum Gasteiger partial charge on any atom is 0.163 e. The van der Waals surface area contributed by atoms with E-state index in [1.165, 1.54) is 11.8 Å². The number of rotatable bonds is 6. The van der Waals surface area contributed by atoms with Crippen LogP contribution in [0.1, 0.15) is 25.6 Å². The van der Waals surface area contributed by atoms with Crippen molar-refractivity contribution in [1.82, 2.24) is 4.57 Å². The van der Waals surface area contributed by atoms with Gasteiger partial charge < -0.3 is 34.8 Å². The van der Waals surface area contributed by atoms with E-state index < -0.39 is 42.9 Å². The molecule has 1 fully saturated rings. The molecule has 0 bridgehead atoms. The summed E-state index contributed by atoms with van der Waals surface area (Å²) in [4.78, 5) is 1.78. The van der Waals surface area contributed by atoms with Crippen molar-refractivity contribution in [2.24, 2.45) is 0 Å². The quantitative estimate of drug-likeness (QED) is 0.358. The highest BCUT2D eigenvalue weighted by Gasteiger charge is 2.44. The van der Waals surface area contributed by atoms with Crippen molar-refractivity contribution >= 4 is 34.3 Å². The van der Waals surface area contributed by atoms with Gasteiger partial charge in [-0.05, 0) is 43.7 Å². The molecule has 178 valence electrons. The Bertz CT molecular complexity index is 1110. The Morgan fingerprint density at radius 1 is 1.03 bits per heavy atom. The van der Waals surface area contributed by atoms with Crippen LogP contribution in [0.3, 0.4) is 0 Å². The third-order valence-electron chi connectivity index (χ3n) is 5.70. The lowest BCUT2D eigenvalue weighted by Gasteiger charge is -2.40. The molecule has 0 aliphatic carbocycles. The topological polar surface area (TPSA) is 115 Å². The van der Waals surface area contributed by atoms with E-state index in [0.29, 0.717) is 17.0 Å². The van der Waals surface area contributed by atoms with Crippen LogP contribution in [0, 0.1) is 0 Å². The Morgan fingerprint density at radius 2 is 1.73 bits per heavy atom. The fourth-order valence-corrected chi connectivity index (χ4v) is 5.47. The second-order valence-electron chi connectivity index (χ2n) is 8.99. The molecule has 33 heavy (non-hydrogen) atoms. The SMILES string of the molecule is CC(C)(O)Cc1ccc(Sc2cn([C@@H]3O[C@H](CO)[C@@H](O)[C@H](O)[C@H]3O)c3cccc(Cl)c23)cc1. The summed E-state index contributed by atoms with van der Waals surface area (Å²) in [5.74, 6) is 0. The number of aromatic nitrogens is 1. The number of halogens is 1. The third kappa shape index (κ3) is 5.08. The minimum Gasteiger partial charge on any atom is -0.394 e. The van der Waals surface area contributed by atoms with Gasteiger partial charge >= 0.3 is 0 Å². The molecule has 7 nitrogen and oxygen atoms in total. The Labute approximate surface area is 201 Å². The normalized spacial score (nSPS) is 26.1. The summed E-state index contributed by atoms with van der Waals surface area (Å²) in [6, 6.07) is 13.3. The zero-order valence-electron chi connectivity index (χ0n) is 18.3. The molecule has 3 aromatic rings. The van der Waals surface area contributed by atoms with Crippen molar-refractivity contribution < 1.29 is 30.3 Å². The van der Waals surface area contributed by atoms with E-state index in [9.17, 15) is 25.5 Å². The highest BCUT2D eigenvalue weighted by molar-refractivity contribution is 7.99. The van der Waals surface area contributed by atoms with Gasteiger partial charge in [-0.1, -0.05) is 41.6 Å². The second-order valence-corrected chi connectivity index (χ2v) is 10.5. The van der Waals surface area contributed by atoms with Crippen LogP contribution in [0.4, 0.5) is 0 Å². The van der Waals surface area contributed by atoms with Gasteiger partial charge in [0.25, 0.3) is 0 Å². The standard InChI is InChI=1S/C24H28ClNO6S/c1-24(2,31)10-13-6-8-14(9-7-13)33-18-11-26(16-5-3-4-15(25)19(16)18)23-22(30)21(29)20(28)17(12-27)32-23/h3-9,11,17,20-23,27-31H,10,12H2,1-2H3/t17-,20-,21+,22-,23-/m1/s1. The van der Waals surface area contributed by atoms with Gasteiger partial charge in [0, 0.05) is 27.8 Å². The summed E-state index contributed by atoms with van der Waals surface area (Å²) in [5.41, 5.74) is 0.919. The smallest absolute Gasteiger partial charge is 0.163 e. The van der Waals surface area contributed by atoms with E-state index in [1.54, 1.807) is 36.7 Å². The number of fused-ring (bicyclic) bond motifs is 1. The lowest BCUT2D eigenvalue weighted by atomic mass is 9.98. The Balaban J connectivity index is 1.69. The number of benzene rings is 2. The Kier molecular flexibility index (Phi) is 7.10. The Morgan fingerprint density at radius 3 is 2.36 bits per heavy atom. The maximum atomic E-state index is 10.6. The molecule has 0 spiro atoms. The van der Waals surface area contributed by atoms with Crippen molar-refractivity contribution in [3.05, 3.63) is 59.2 Å². The average molecular weight is 494 g/mol. The van der Waals surface area contributed by atoms with Gasteiger partial charge in [0.15, 0.2) is 6.23 Å². The van der Waals surface area contributed by atoms with E-state index in [4.69, 9.17) is 16.3 Å². The minimum absolute atomic E-state index is 0.500. The first-order valence-electron chi connectivity index (χ1n) is 10.7. The van der Waals surface area contributed by atoms with Crippen LogP contribution < -0.4 is 0 Å². The van der Waals surface area contributed by atoms with Gasteiger partial charge in [0.1, 0.15) is 24.4 Å². The van der Waals surface area contributed by atoms with Gasteiger partial charge in [0.2, 0.25) is 0 Å². The van der Waals surface area contributed by atoms with Crippen LogP contribution in [0.15, 0.2) is 58.5 Å². The van der Waals surface area contributed by atoms with Crippen molar-refractivity contribution in [3.8, 4) is 0 Å². The highest BCUT2D eigenvalue weighted by atomic mass is 35.5. The van der Waals surface area contributed by atoms with E-state index in [-0.39, 0.29) is 0 Å². The van der Waals surface area contributed by atoms with Crippen LogP contribution in [0.5, 0.6) is 0 Å². The maximum absolute atomic E-state index is 10.6. The van der Waals surface area contributed by atoms with Gasteiger partial charge in [-0.15, -0.1) is 0 Å². The van der Waals surface area contributed by atoms with E-state index >= 15 is 0 Å². The zero-order valence-corrected chi connectivity index (χ0v) is 19.9. The summed E-state index contributed by atoms with van der Waals surface area (Å²) in [6.07, 6.45) is -4.01. The summed E-state index contributed by atoms with van der Waals surface area (Å²) >= 11 is 8.02. The number of hydrogen-bond acceptors (Lipinski definition) is 7. The van der Waals surface area contributed by atoms with Gasteiger partial charge in [-0.25, -0.2) is 0 Å². The third-order valence-corrected chi connectivity index (χ3v) is 7.05. The number of ether oxygens (including phenoxy) is 1. The van der Waals surface area contributed by atoms with Crippen LogP contribution in [-0.4, -0.2) is 66.7 Å². The van der Waals surface area contributed by atoms with Gasteiger partial charge in [-0.2, -0.15) is 0 Å². The van der Waals surface area contributed by atoms with Crippen LogP contribution in [0.25, 0.3) is 10.9 Å². The molecule has 0 saturated carbocycles. The van der Waals surface area contributed by atoms with Crippen molar-refractivity contribution in [3.63, 3.8) is 0 Å². The molecule has 0 unspecified atom stereocenters. The van der Waals surface area contributed by atoms with Gasteiger partial charge in [0.05, 0.1) is 22.7 Å². The average Bonchev–Trinajstić information content (AvgIpc) is 3.12. The monoisotopic (exact) mass is 493 g/mol. The molecule has 2 aromatic carbocycles. The molecule has 5 N–H and O–H groups in total. The molecule has 2 heterocycles. The lowest BCUT2D eigenvalue weighted by molar-refractivity contribution is -0.250. The molecular weight excluding hydrogens is 466 g/mol. The molecule has 0 amide bonds. The number of hydrogen-bond donors (Lipinski definition) is 5. The van der Waals surface area contributed by atoms with Crippen molar-refractivity contribution in [1.29, 1.82) is 0 Å². The summed E-state index contributed by atoms with van der Waals surface area (Å²) < 4.78 is 7.44. The molecular formula is C24H28ClNO6S. The molecule has 1 aliphatic heterocycles. The van der Waals surface area contributed by atoms with Crippen LogP contribution in [-0.2, 0) is 11.2 Å². The second kappa shape index (κ2) is 9.56. The van der Waals surface area contributed by atoms with Crippen molar-refractivity contribution in [2.45, 2.75) is 66.3 Å². The zero-order chi connectivity index (χ0) is 23.9. The molecule has 1 aromatic heterocycles. The van der Waals surface area contributed by atoms with E-state index in [0.717, 1.165) is 20.7 Å². The fraction of sp³-hybridized carbons (Fsp3) is 0.417. The predicted molar refractivity (Wildman–Crippen MR) is 127 cm³/mol. The van der Waals surface area contributed by atoms with Crippen LogP contribution in [0.2, 0.25) is 5.02 Å². The lowest BCUT2D eigenvalue weighted by Crippen LogP contribution is -2.56. The largest absolute Gasteiger partial charge is 0.394 e. The molecule has 0 radical (unpaired) electrons. The van der Waals surface area contributed by atoms with Crippen molar-refractivity contribution in [2.75, 3.05) is 6.61 Å². The minimum atomic E-state index is -1.48. The summed E-state index contributed by atoms with van der Waals surface area (Å²) in [6.45, 7) is 3.04. The number of aliphatic hydroxyl groups excluding tert-OH is 4. The highest BCUT2D eigenvalue weighted by Crippen LogP contribution is 2.41. The number of nitrogens with zero attached hydrogens (tertiary/aromatic N) is 1. The predicted octanol–water partition coefficient (Wildman–Crippen LogP) is 2.73. The molecule has 1 saturated heterocycles. The van der Waals surface area contributed by atoms with E-state index in [1.807, 2.05) is 30.3 Å². The first kappa shape index (κ1) is 24.5. The summed E-state index contributed by atoms with van der Waals surface area (Å²) in [5, 5.41) is 51.9. The Hall–Kier alpha value is -1.62. The first-order chi connectivity index (χ1) is 15.6. The summed E-state index contributed by atoms with van der Waals surface area (Å²) in [7, 11) is 0. The molecule has 9 heteroatoms.